The van der Waals surface area contributed by atoms with Crippen LogP contribution in [0.25, 0.3) is 0 Å². The molecule has 0 fully saturated rings. The van der Waals surface area contributed by atoms with Crippen LogP contribution in [-0.2, 0) is 4.74 Å². The van der Waals surface area contributed by atoms with Crippen molar-refractivity contribution in [2.75, 3.05) is 0 Å². The summed E-state index contributed by atoms with van der Waals surface area (Å²) in [6.07, 6.45) is 41.3. The van der Waals surface area contributed by atoms with Crippen molar-refractivity contribution >= 4 is 6.09 Å². The molecule has 2 N–H and O–H groups in total. The van der Waals surface area contributed by atoms with Gasteiger partial charge in [0.1, 0.15) is 6.10 Å². The van der Waals surface area contributed by atoms with E-state index in [0.717, 1.165) is 25.7 Å². The molecule has 3 heteroatoms. The van der Waals surface area contributed by atoms with Crippen LogP contribution < -0.4 is 5.73 Å². The van der Waals surface area contributed by atoms with Gasteiger partial charge in [0.2, 0.25) is 0 Å². The van der Waals surface area contributed by atoms with E-state index in [1.807, 2.05) is 0 Å². The first-order valence-corrected chi connectivity index (χ1v) is 17.7. The van der Waals surface area contributed by atoms with Gasteiger partial charge in [0.25, 0.3) is 0 Å². The van der Waals surface area contributed by atoms with Crippen molar-refractivity contribution < 1.29 is 9.53 Å². The number of carbonyl (C=O) groups is 1. The molecule has 0 heterocycles. The second-order valence-electron chi connectivity index (χ2n) is 12.2. The molecule has 3 nitrogen and oxygen atoms in total. The van der Waals surface area contributed by atoms with Crippen molar-refractivity contribution in [2.45, 2.75) is 219 Å². The smallest absolute Gasteiger partial charge is 0.404 e. The van der Waals surface area contributed by atoms with E-state index in [2.05, 4.69) is 13.8 Å². The van der Waals surface area contributed by atoms with Crippen molar-refractivity contribution in [3.05, 3.63) is 0 Å². The molecule has 0 saturated carbocycles. The van der Waals surface area contributed by atoms with Crippen LogP contribution in [0.5, 0.6) is 0 Å². The van der Waals surface area contributed by atoms with Gasteiger partial charge in [-0.05, 0) is 25.7 Å². The second kappa shape index (κ2) is 32.5. The Morgan fingerprint density at radius 2 is 0.632 bits per heavy atom. The Kier molecular flexibility index (Phi) is 31.9. The maximum absolute atomic E-state index is 11.3. The van der Waals surface area contributed by atoms with E-state index in [1.165, 1.54) is 173 Å². The van der Waals surface area contributed by atoms with Crippen LogP contribution in [0.3, 0.4) is 0 Å². The fourth-order valence-corrected chi connectivity index (χ4v) is 5.74. The number of rotatable bonds is 32. The monoisotopic (exact) mass is 538 g/mol. The van der Waals surface area contributed by atoms with Gasteiger partial charge in [-0.15, -0.1) is 0 Å². The Morgan fingerprint density at radius 3 is 0.842 bits per heavy atom. The molecule has 0 spiro atoms. The maximum atomic E-state index is 11.3. The van der Waals surface area contributed by atoms with E-state index in [0.29, 0.717) is 0 Å². The zero-order valence-corrected chi connectivity index (χ0v) is 26.4. The Balaban J connectivity index is 3.48. The van der Waals surface area contributed by atoms with E-state index < -0.39 is 6.09 Å². The van der Waals surface area contributed by atoms with Crippen molar-refractivity contribution in [2.24, 2.45) is 5.73 Å². The molecule has 0 radical (unpaired) electrons. The molecular weight excluding hydrogens is 466 g/mol. The van der Waals surface area contributed by atoms with Gasteiger partial charge in [0.15, 0.2) is 0 Å². The number of hydrogen-bond acceptors (Lipinski definition) is 2. The van der Waals surface area contributed by atoms with Crippen molar-refractivity contribution in [1.29, 1.82) is 0 Å². The average molecular weight is 538 g/mol. The number of hydrogen-bond donors (Lipinski definition) is 1. The Bertz CT molecular complexity index is 453. The van der Waals surface area contributed by atoms with Gasteiger partial charge >= 0.3 is 6.09 Å². The van der Waals surface area contributed by atoms with E-state index >= 15 is 0 Å². The molecule has 0 aromatic carbocycles. The van der Waals surface area contributed by atoms with Crippen LogP contribution >= 0.6 is 0 Å². The minimum atomic E-state index is -0.596. The van der Waals surface area contributed by atoms with Gasteiger partial charge in [0.05, 0.1) is 0 Å². The van der Waals surface area contributed by atoms with Gasteiger partial charge < -0.3 is 10.5 Å². The summed E-state index contributed by atoms with van der Waals surface area (Å²) >= 11 is 0. The zero-order valence-electron chi connectivity index (χ0n) is 26.4. The molecular formula is C35H71NO2. The summed E-state index contributed by atoms with van der Waals surface area (Å²) in [5.41, 5.74) is 5.34. The maximum Gasteiger partial charge on any atom is 0.404 e. The predicted octanol–water partition coefficient (Wildman–Crippen LogP) is 12.6. The number of nitrogens with two attached hydrogens (primary N) is 1. The van der Waals surface area contributed by atoms with Gasteiger partial charge in [-0.1, -0.05) is 187 Å². The Labute approximate surface area is 240 Å². The summed E-state index contributed by atoms with van der Waals surface area (Å²) in [6.45, 7) is 4.58. The minimum absolute atomic E-state index is 0.0341. The van der Waals surface area contributed by atoms with E-state index in [-0.39, 0.29) is 6.10 Å². The van der Waals surface area contributed by atoms with Crippen LogP contribution in [0.1, 0.15) is 213 Å². The number of amides is 1. The third-order valence-corrected chi connectivity index (χ3v) is 8.29. The first-order chi connectivity index (χ1) is 18.7. The molecule has 228 valence electrons. The molecule has 0 aliphatic heterocycles. The lowest BCUT2D eigenvalue weighted by atomic mass is 10.0. The van der Waals surface area contributed by atoms with Gasteiger partial charge in [-0.3, -0.25) is 0 Å². The van der Waals surface area contributed by atoms with E-state index in [9.17, 15) is 4.79 Å². The highest BCUT2D eigenvalue weighted by atomic mass is 16.6. The first kappa shape index (κ1) is 37.3. The Hall–Kier alpha value is -0.730. The molecule has 1 atom stereocenters. The molecule has 0 aromatic heterocycles. The van der Waals surface area contributed by atoms with Crippen LogP contribution in [0.2, 0.25) is 0 Å². The van der Waals surface area contributed by atoms with Gasteiger partial charge in [0, 0.05) is 0 Å². The third-order valence-electron chi connectivity index (χ3n) is 8.29. The number of primary amides is 1. The summed E-state index contributed by atoms with van der Waals surface area (Å²) in [6, 6.07) is 0. The molecule has 0 aliphatic rings. The van der Waals surface area contributed by atoms with E-state index in [4.69, 9.17) is 10.5 Å². The minimum Gasteiger partial charge on any atom is -0.446 e. The second-order valence-corrected chi connectivity index (χ2v) is 12.2. The molecule has 38 heavy (non-hydrogen) atoms. The zero-order chi connectivity index (χ0) is 27.8. The number of carbonyl (C=O) groups excluding carboxylic acids is 1. The molecule has 0 rings (SSSR count). The summed E-state index contributed by atoms with van der Waals surface area (Å²) in [4.78, 5) is 11.3. The van der Waals surface area contributed by atoms with Gasteiger partial charge in [-0.25, -0.2) is 4.79 Å². The fourth-order valence-electron chi connectivity index (χ4n) is 5.74. The van der Waals surface area contributed by atoms with Crippen molar-refractivity contribution in [1.82, 2.24) is 0 Å². The summed E-state index contributed by atoms with van der Waals surface area (Å²) in [5, 5.41) is 0. The SMILES string of the molecule is CCCCCCCCCCCCCCCCCC(CCCCCCCCCCCCCCCC)OC(N)=O. The first-order valence-electron chi connectivity index (χ1n) is 17.7. The van der Waals surface area contributed by atoms with E-state index in [1.54, 1.807) is 0 Å². The standard InChI is InChI=1S/C35H71NO2/c1-3-5-7-9-11-13-15-17-19-21-23-25-27-29-31-33-34(38-35(36)37)32-30-28-26-24-22-20-18-16-14-12-10-8-6-4-2/h34H,3-33H2,1-2H3,(H2,36,37). The lowest BCUT2D eigenvalue weighted by Gasteiger charge is -2.16. The van der Waals surface area contributed by atoms with Crippen molar-refractivity contribution in [3.63, 3.8) is 0 Å². The highest BCUT2D eigenvalue weighted by Gasteiger charge is 2.12. The van der Waals surface area contributed by atoms with Crippen molar-refractivity contribution in [3.8, 4) is 0 Å². The normalized spacial score (nSPS) is 12.2. The van der Waals surface area contributed by atoms with Crippen LogP contribution in [0.15, 0.2) is 0 Å². The molecule has 1 unspecified atom stereocenters. The molecule has 0 saturated heterocycles. The number of ether oxygens (including phenoxy) is 1. The highest BCUT2D eigenvalue weighted by molar-refractivity contribution is 5.64. The predicted molar refractivity (Wildman–Crippen MR) is 169 cm³/mol. The molecule has 0 aromatic rings. The highest BCUT2D eigenvalue weighted by Crippen LogP contribution is 2.18. The molecule has 0 aliphatic carbocycles. The Morgan fingerprint density at radius 1 is 0.421 bits per heavy atom. The quantitative estimate of drug-likeness (QED) is 0.0867. The summed E-state index contributed by atoms with van der Waals surface area (Å²) < 4.78 is 5.42. The topological polar surface area (TPSA) is 52.3 Å². The number of unbranched alkanes of at least 4 members (excludes halogenated alkanes) is 27. The third kappa shape index (κ3) is 31.5. The summed E-state index contributed by atoms with van der Waals surface area (Å²) in [5.74, 6) is 0. The van der Waals surface area contributed by atoms with Crippen LogP contribution in [0.4, 0.5) is 4.79 Å². The fraction of sp³-hybridized carbons (Fsp3) is 0.971. The van der Waals surface area contributed by atoms with Crippen LogP contribution in [-0.4, -0.2) is 12.2 Å². The molecule has 0 bridgehead atoms. The van der Waals surface area contributed by atoms with Crippen LogP contribution in [0, 0.1) is 0 Å². The van der Waals surface area contributed by atoms with Gasteiger partial charge in [-0.2, -0.15) is 0 Å². The lowest BCUT2D eigenvalue weighted by Crippen LogP contribution is -2.22. The largest absolute Gasteiger partial charge is 0.446 e. The lowest BCUT2D eigenvalue weighted by molar-refractivity contribution is 0.0921. The average Bonchev–Trinajstić information content (AvgIpc) is 2.90. The molecule has 1 amide bonds. The summed E-state index contributed by atoms with van der Waals surface area (Å²) in [7, 11) is 0.